The van der Waals surface area contributed by atoms with Crippen LogP contribution in [-0.2, 0) is 14.4 Å². The lowest BCUT2D eigenvalue weighted by Gasteiger charge is -2.22. The topological polar surface area (TPSA) is 90.3 Å². The van der Waals surface area contributed by atoms with Gasteiger partial charge in [-0.25, -0.2) is 9.80 Å². The van der Waals surface area contributed by atoms with Gasteiger partial charge in [0.25, 0.3) is 0 Å². The molecule has 0 fully saturated rings. The summed E-state index contributed by atoms with van der Waals surface area (Å²) < 4.78 is 0. The molecular weight excluding hydrogens is 214 g/mol. The highest BCUT2D eigenvalue weighted by Crippen LogP contribution is 2.09. The second kappa shape index (κ2) is 4.73. The Bertz CT molecular complexity index is 362. The summed E-state index contributed by atoms with van der Waals surface area (Å²) >= 11 is 0. The Morgan fingerprint density at radius 3 is 2.56 bits per heavy atom. The van der Waals surface area contributed by atoms with Crippen molar-refractivity contribution in [2.24, 2.45) is 5.10 Å². The van der Waals surface area contributed by atoms with Crippen LogP contribution in [0.3, 0.4) is 0 Å². The molecule has 2 amide bonds. The molecule has 0 atom stereocenters. The Kier molecular flexibility index (Phi) is 3.60. The van der Waals surface area contributed by atoms with Crippen LogP contribution in [0, 0.1) is 0 Å². The zero-order valence-corrected chi connectivity index (χ0v) is 9.13. The highest BCUT2D eigenvalue weighted by Gasteiger charge is 2.25. The molecule has 7 nitrogen and oxygen atoms in total. The van der Waals surface area contributed by atoms with E-state index in [1.165, 1.54) is 4.90 Å². The standard InChI is InChI=1S/C9H13N3O4/c1-11(2)8(14)5-12-7(13)4-3-6(10-12)9(15)16/h3-5H2,1-2H3,(H,15,16). The number of carboxylic acids is 1. The van der Waals surface area contributed by atoms with Crippen molar-refractivity contribution >= 4 is 23.5 Å². The van der Waals surface area contributed by atoms with Gasteiger partial charge in [-0.15, -0.1) is 0 Å². The average Bonchev–Trinajstić information content (AvgIpc) is 2.20. The van der Waals surface area contributed by atoms with Crippen LogP contribution in [0.25, 0.3) is 0 Å². The van der Waals surface area contributed by atoms with Gasteiger partial charge in [-0.2, -0.15) is 5.10 Å². The number of nitrogens with zero attached hydrogens (tertiary/aromatic N) is 3. The van der Waals surface area contributed by atoms with Gasteiger partial charge in [0.2, 0.25) is 11.8 Å². The van der Waals surface area contributed by atoms with Crippen LogP contribution in [0.5, 0.6) is 0 Å². The van der Waals surface area contributed by atoms with Crippen molar-refractivity contribution in [2.75, 3.05) is 20.6 Å². The minimum Gasteiger partial charge on any atom is -0.477 e. The molecule has 16 heavy (non-hydrogen) atoms. The smallest absolute Gasteiger partial charge is 0.352 e. The quantitative estimate of drug-likeness (QED) is 0.679. The van der Waals surface area contributed by atoms with E-state index in [9.17, 15) is 14.4 Å². The summed E-state index contributed by atoms with van der Waals surface area (Å²) in [5.41, 5.74) is -0.0915. The van der Waals surface area contributed by atoms with E-state index < -0.39 is 5.97 Å². The SMILES string of the molecule is CN(C)C(=O)CN1N=C(C(=O)O)CCC1=O. The maximum atomic E-state index is 11.4. The molecule has 0 radical (unpaired) electrons. The van der Waals surface area contributed by atoms with E-state index >= 15 is 0 Å². The molecule has 0 aromatic carbocycles. The third kappa shape index (κ3) is 2.78. The molecule has 1 heterocycles. The van der Waals surface area contributed by atoms with Gasteiger partial charge in [-0.1, -0.05) is 0 Å². The summed E-state index contributed by atoms with van der Waals surface area (Å²) in [4.78, 5) is 34.7. The summed E-state index contributed by atoms with van der Waals surface area (Å²) in [6.07, 6.45) is 0.187. The molecule has 0 aliphatic carbocycles. The first kappa shape index (κ1) is 12.2. The number of carbonyl (C=O) groups excluding carboxylic acids is 2. The van der Waals surface area contributed by atoms with E-state index in [-0.39, 0.29) is 36.9 Å². The van der Waals surface area contributed by atoms with Crippen molar-refractivity contribution in [2.45, 2.75) is 12.8 Å². The van der Waals surface area contributed by atoms with Crippen molar-refractivity contribution in [3.05, 3.63) is 0 Å². The number of hydrogen-bond acceptors (Lipinski definition) is 4. The molecule has 0 saturated carbocycles. The lowest BCUT2D eigenvalue weighted by atomic mass is 10.2. The van der Waals surface area contributed by atoms with Crippen LogP contribution in [0.2, 0.25) is 0 Å². The van der Waals surface area contributed by atoms with Crippen molar-refractivity contribution in [1.29, 1.82) is 0 Å². The van der Waals surface area contributed by atoms with E-state index in [0.717, 1.165) is 5.01 Å². The first-order chi connectivity index (χ1) is 7.41. The Morgan fingerprint density at radius 2 is 2.06 bits per heavy atom. The summed E-state index contributed by atoms with van der Waals surface area (Å²) in [5, 5.41) is 13.3. The number of carbonyl (C=O) groups is 3. The molecule has 0 bridgehead atoms. The van der Waals surface area contributed by atoms with Crippen molar-refractivity contribution in [1.82, 2.24) is 9.91 Å². The van der Waals surface area contributed by atoms with Crippen LogP contribution in [0.4, 0.5) is 0 Å². The van der Waals surface area contributed by atoms with Crippen molar-refractivity contribution in [3.8, 4) is 0 Å². The number of aliphatic carboxylic acids is 1. The summed E-state index contributed by atoms with van der Waals surface area (Å²) in [6.45, 7) is -0.220. The van der Waals surface area contributed by atoms with Crippen LogP contribution in [0.15, 0.2) is 5.10 Å². The van der Waals surface area contributed by atoms with Crippen molar-refractivity contribution in [3.63, 3.8) is 0 Å². The molecule has 88 valence electrons. The van der Waals surface area contributed by atoms with Crippen LogP contribution in [-0.4, -0.2) is 59.2 Å². The molecule has 0 unspecified atom stereocenters. The number of likely N-dealkylation sites (N-methyl/N-ethyl adjacent to an activating group) is 1. The minimum absolute atomic E-state index is 0.0752. The Labute approximate surface area is 92.3 Å². The molecule has 1 N–H and O–H groups in total. The number of hydrogen-bond donors (Lipinski definition) is 1. The largest absolute Gasteiger partial charge is 0.477 e. The molecule has 1 rings (SSSR count). The van der Waals surface area contributed by atoms with Crippen LogP contribution in [0.1, 0.15) is 12.8 Å². The van der Waals surface area contributed by atoms with E-state index in [4.69, 9.17) is 5.11 Å². The van der Waals surface area contributed by atoms with E-state index in [2.05, 4.69) is 5.10 Å². The Balaban J connectivity index is 2.77. The first-order valence-corrected chi connectivity index (χ1v) is 4.73. The maximum absolute atomic E-state index is 11.4. The summed E-state index contributed by atoms with van der Waals surface area (Å²) in [6, 6.07) is 0. The molecule has 0 aromatic heterocycles. The number of hydrazone groups is 1. The fourth-order valence-electron chi connectivity index (χ4n) is 1.15. The highest BCUT2D eigenvalue weighted by molar-refractivity contribution is 6.36. The van der Waals surface area contributed by atoms with Crippen molar-refractivity contribution < 1.29 is 19.5 Å². The second-order valence-corrected chi connectivity index (χ2v) is 3.59. The summed E-state index contributed by atoms with van der Waals surface area (Å²) in [7, 11) is 3.11. The number of rotatable bonds is 3. The van der Waals surface area contributed by atoms with E-state index in [0.29, 0.717) is 0 Å². The van der Waals surface area contributed by atoms with Crippen LogP contribution >= 0.6 is 0 Å². The lowest BCUT2D eigenvalue weighted by molar-refractivity contribution is -0.140. The Morgan fingerprint density at radius 1 is 1.44 bits per heavy atom. The predicted octanol–water partition coefficient (Wildman–Crippen LogP) is -0.862. The molecular formula is C9H13N3O4. The summed E-state index contributed by atoms with van der Waals surface area (Å²) in [5.74, 6) is -1.79. The maximum Gasteiger partial charge on any atom is 0.352 e. The van der Waals surface area contributed by atoms with Gasteiger partial charge in [0.15, 0.2) is 0 Å². The van der Waals surface area contributed by atoms with Gasteiger partial charge in [-0.05, 0) is 0 Å². The fourth-order valence-corrected chi connectivity index (χ4v) is 1.15. The third-order valence-electron chi connectivity index (χ3n) is 2.14. The van der Waals surface area contributed by atoms with Crippen LogP contribution < -0.4 is 0 Å². The van der Waals surface area contributed by atoms with E-state index in [1.54, 1.807) is 14.1 Å². The van der Waals surface area contributed by atoms with Gasteiger partial charge in [0.1, 0.15) is 12.3 Å². The van der Waals surface area contributed by atoms with Gasteiger partial charge in [0.05, 0.1) is 0 Å². The molecule has 7 heteroatoms. The Hall–Kier alpha value is -1.92. The zero-order chi connectivity index (χ0) is 12.3. The normalized spacial score (nSPS) is 15.8. The predicted molar refractivity (Wildman–Crippen MR) is 54.7 cm³/mol. The molecule has 0 spiro atoms. The number of carboxylic acid groups (broad SMARTS) is 1. The van der Waals surface area contributed by atoms with Gasteiger partial charge in [0, 0.05) is 26.9 Å². The second-order valence-electron chi connectivity index (χ2n) is 3.59. The minimum atomic E-state index is -1.16. The van der Waals surface area contributed by atoms with Gasteiger partial charge >= 0.3 is 5.97 Å². The monoisotopic (exact) mass is 227 g/mol. The highest BCUT2D eigenvalue weighted by atomic mass is 16.4. The van der Waals surface area contributed by atoms with Gasteiger partial charge in [-0.3, -0.25) is 9.59 Å². The molecule has 1 aliphatic heterocycles. The molecule has 0 saturated heterocycles. The molecule has 1 aliphatic rings. The average molecular weight is 227 g/mol. The van der Waals surface area contributed by atoms with E-state index in [1.807, 2.05) is 0 Å². The number of amides is 2. The third-order valence-corrected chi connectivity index (χ3v) is 2.14. The van der Waals surface area contributed by atoms with Gasteiger partial charge < -0.3 is 10.0 Å². The molecule has 0 aromatic rings. The fraction of sp³-hybridized carbons (Fsp3) is 0.556. The first-order valence-electron chi connectivity index (χ1n) is 4.73. The lowest BCUT2D eigenvalue weighted by Crippen LogP contribution is -2.40. The zero-order valence-electron chi connectivity index (χ0n) is 9.13.